The van der Waals surface area contributed by atoms with Crippen molar-refractivity contribution in [1.82, 2.24) is 9.88 Å². The van der Waals surface area contributed by atoms with E-state index in [1.54, 1.807) is 6.07 Å². The molecule has 0 aliphatic rings. The number of aliphatic carboxylic acids is 1. The Balaban J connectivity index is 2.88. The number of pyridine rings is 1. The number of nitrogens with zero attached hydrogens (tertiary/aromatic N) is 3. The standard InChI is InChI=1S/C11H10F3N3O2/c12-11(13,14)7-17(6-10(18)19)5-8-2-1-3-16-9(8)4-15/h1-3H,5-7H2,(H,18,19). The number of rotatable bonds is 5. The molecule has 0 spiro atoms. The maximum Gasteiger partial charge on any atom is 0.401 e. The van der Waals surface area contributed by atoms with Crippen molar-refractivity contribution in [2.24, 2.45) is 0 Å². The summed E-state index contributed by atoms with van der Waals surface area (Å²) in [6.45, 7) is -2.43. The first kappa shape index (κ1) is 14.9. The molecule has 0 amide bonds. The first-order valence-electron chi connectivity index (χ1n) is 5.16. The quantitative estimate of drug-likeness (QED) is 0.877. The van der Waals surface area contributed by atoms with Crippen LogP contribution in [0.1, 0.15) is 11.3 Å². The summed E-state index contributed by atoms with van der Waals surface area (Å²) in [5.74, 6) is -1.37. The van der Waals surface area contributed by atoms with Crippen molar-refractivity contribution < 1.29 is 23.1 Å². The fourth-order valence-corrected chi connectivity index (χ4v) is 1.52. The SMILES string of the molecule is N#Cc1ncccc1CN(CC(=O)O)CC(F)(F)F. The Hall–Kier alpha value is -2.14. The zero-order chi connectivity index (χ0) is 14.5. The summed E-state index contributed by atoms with van der Waals surface area (Å²) in [6, 6.07) is 4.67. The molecular formula is C11H10F3N3O2. The third-order valence-corrected chi connectivity index (χ3v) is 2.15. The lowest BCUT2D eigenvalue weighted by molar-refractivity contribution is -0.154. The van der Waals surface area contributed by atoms with E-state index in [-0.39, 0.29) is 17.8 Å². The van der Waals surface area contributed by atoms with Gasteiger partial charge in [-0.05, 0) is 6.07 Å². The number of hydrogen-bond donors (Lipinski definition) is 1. The van der Waals surface area contributed by atoms with E-state index in [1.807, 2.05) is 0 Å². The monoisotopic (exact) mass is 273 g/mol. The fraction of sp³-hybridized carbons (Fsp3) is 0.364. The zero-order valence-electron chi connectivity index (χ0n) is 9.68. The normalized spacial score (nSPS) is 11.3. The van der Waals surface area contributed by atoms with Gasteiger partial charge in [-0.3, -0.25) is 9.69 Å². The van der Waals surface area contributed by atoms with Crippen LogP contribution in [0, 0.1) is 11.3 Å². The molecule has 0 aliphatic carbocycles. The van der Waals surface area contributed by atoms with Crippen LogP contribution in [-0.4, -0.2) is 40.2 Å². The first-order valence-corrected chi connectivity index (χ1v) is 5.16. The highest BCUT2D eigenvalue weighted by molar-refractivity contribution is 5.69. The summed E-state index contributed by atoms with van der Waals surface area (Å²) in [7, 11) is 0. The van der Waals surface area contributed by atoms with Gasteiger partial charge in [-0.25, -0.2) is 4.98 Å². The van der Waals surface area contributed by atoms with Gasteiger partial charge in [0.05, 0.1) is 13.1 Å². The molecule has 5 nitrogen and oxygen atoms in total. The summed E-state index contributed by atoms with van der Waals surface area (Å²) < 4.78 is 37.0. The van der Waals surface area contributed by atoms with E-state index < -0.39 is 25.2 Å². The molecule has 1 aromatic rings. The van der Waals surface area contributed by atoms with E-state index in [4.69, 9.17) is 10.4 Å². The Morgan fingerprint density at radius 3 is 2.74 bits per heavy atom. The summed E-state index contributed by atoms with van der Waals surface area (Å²) >= 11 is 0. The lowest BCUT2D eigenvalue weighted by Gasteiger charge is -2.21. The Labute approximate surface area is 106 Å². The molecular weight excluding hydrogens is 263 g/mol. The van der Waals surface area contributed by atoms with Crippen LogP contribution in [0.5, 0.6) is 0 Å². The zero-order valence-corrected chi connectivity index (χ0v) is 9.68. The predicted molar refractivity (Wildman–Crippen MR) is 57.9 cm³/mol. The molecule has 0 bridgehead atoms. The molecule has 0 unspecified atom stereocenters. The van der Waals surface area contributed by atoms with E-state index in [1.165, 1.54) is 18.3 Å². The fourth-order valence-electron chi connectivity index (χ4n) is 1.52. The van der Waals surface area contributed by atoms with Gasteiger partial charge in [0.2, 0.25) is 0 Å². The predicted octanol–water partition coefficient (Wildman–Crippen LogP) is 1.40. The highest BCUT2D eigenvalue weighted by atomic mass is 19.4. The Kier molecular flexibility index (Phi) is 4.83. The van der Waals surface area contributed by atoms with E-state index in [0.29, 0.717) is 4.90 Å². The van der Waals surface area contributed by atoms with Crippen molar-refractivity contribution in [3.05, 3.63) is 29.6 Å². The van der Waals surface area contributed by atoms with Crippen LogP contribution in [0.2, 0.25) is 0 Å². The maximum absolute atomic E-state index is 12.3. The van der Waals surface area contributed by atoms with Crippen LogP contribution in [0.4, 0.5) is 13.2 Å². The third-order valence-electron chi connectivity index (χ3n) is 2.15. The van der Waals surface area contributed by atoms with Gasteiger partial charge in [0.25, 0.3) is 0 Å². The minimum atomic E-state index is -4.51. The van der Waals surface area contributed by atoms with Gasteiger partial charge in [-0.2, -0.15) is 18.4 Å². The van der Waals surface area contributed by atoms with Gasteiger partial charge < -0.3 is 5.11 Å². The number of halogens is 3. The van der Waals surface area contributed by atoms with Gasteiger partial charge in [0.15, 0.2) is 0 Å². The van der Waals surface area contributed by atoms with E-state index in [2.05, 4.69) is 4.98 Å². The molecule has 0 saturated carbocycles. The number of carboxylic acid groups (broad SMARTS) is 1. The van der Waals surface area contributed by atoms with E-state index >= 15 is 0 Å². The molecule has 0 saturated heterocycles. The van der Waals surface area contributed by atoms with Crippen molar-refractivity contribution in [3.8, 4) is 6.07 Å². The molecule has 0 aromatic carbocycles. The highest BCUT2D eigenvalue weighted by Gasteiger charge is 2.31. The number of aromatic nitrogens is 1. The molecule has 1 heterocycles. The topological polar surface area (TPSA) is 77.2 Å². The summed E-state index contributed by atoms with van der Waals surface area (Å²) in [6.07, 6.45) is -3.17. The van der Waals surface area contributed by atoms with Crippen molar-refractivity contribution in [1.29, 1.82) is 5.26 Å². The van der Waals surface area contributed by atoms with Crippen LogP contribution in [0.3, 0.4) is 0 Å². The van der Waals surface area contributed by atoms with Crippen molar-refractivity contribution >= 4 is 5.97 Å². The lowest BCUT2D eigenvalue weighted by Crippen LogP contribution is -2.37. The lowest BCUT2D eigenvalue weighted by atomic mass is 10.2. The molecule has 0 fully saturated rings. The molecule has 0 radical (unpaired) electrons. The second kappa shape index (κ2) is 6.15. The number of nitriles is 1. The Bertz CT molecular complexity index is 497. The Morgan fingerprint density at radius 1 is 1.53 bits per heavy atom. The average Bonchev–Trinajstić information content (AvgIpc) is 2.26. The number of hydrogen-bond acceptors (Lipinski definition) is 4. The highest BCUT2D eigenvalue weighted by Crippen LogP contribution is 2.18. The van der Waals surface area contributed by atoms with E-state index in [0.717, 1.165) is 0 Å². The van der Waals surface area contributed by atoms with Crippen molar-refractivity contribution in [2.75, 3.05) is 13.1 Å². The second-order valence-corrected chi connectivity index (χ2v) is 3.78. The molecule has 102 valence electrons. The number of carboxylic acids is 1. The molecule has 0 aliphatic heterocycles. The van der Waals surface area contributed by atoms with Gasteiger partial charge in [-0.1, -0.05) is 6.07 Å². The maximum atomic E-state index is 12.3. The van der Waals surface area contributed by atoms with Gasteiger partial charge in [0, 0.05) is 18.3 Å². The van der Waals surface area contributed by atoms with Crippen molar-refractivity contribution in [2.45, 2.75) is 12.7 Å². The summed E-state index contributed by atoms with van der Waals surface area (Å²) in [5.41, 5.74) is 0.246. The molecule has 8 heteroatoms. The first-order chi connectivity index (χ1) is 8.81. The molecule has 1 rings (SSSR count). The second-order valence-electron chi connectivity index (χ2n) is 3.78. The number of alkyl halides is 3. The van der Waals surface area contributed by atoms with Crippen LogP contribution < -0.4 is 0 Å². The average molecular weight is 273 g/mol. The smallest absolute Gasteiger partial charge is 0.401 e. The van der Waals surface area contributed by atoms with Crippen LogP contribution >= 0.6 is 0 Å². The van der Waals surface area contributed by atoms with Crippen LogP contribution in [0.25, 0.3) is 0 Å². The summed E-state index contributed by atoms with van der Waals surface area (Å²) in [5, 5.41) is 17.4. The largest absolute Gasteiger partial charge is 0.480 e. The van der Waals surface area contributed by atoms with Gasteiger partial charge in [0.1, 0.15) is 11.8 Å². The molecule has 1 aromatic heterocycles. The minimum absolute atomic E-state index is 0.0138. The Morgan fingerprint density at radius 2 is 2.21 bits per heavy atom. The van der Waals surface area contributed by atoms with Crippen molar-refractivity contribution in [3.63, 3.8) is 0 Å². The summed E-state index contributed by atoms with van der Waals surface area (Å²) in [4.78, 5) is 15.0. The van der Waals surface area contributed by atoms with Crippen LogP contribution in [0.15, 0.2) is 18.3 Å². The van der Waals surface area contributed by atoms with Crippen LogP contribution in [-0.2, 0) is 11.3 Å². The molecule has 0 atom stereocenters. The minimum Gasteiger partial charge on any atom is -0.480 e. The van der Waals surface area contributed by atoms with Gasteiger partial charge in [-0.15, -0.1) is 0 Å². The third kappa shape index (κ3) is 5.35. The van der Waals surface area contributed by atoms with Gasteiger partial charge >= 0.3 is 12.1 Å². The molecule has 19 heavy (non-hydrogen) atoms. The van der Waals surface area contributed by atoms with E-state index in [9.17, 15) is 18.0 Å². The number of carbonyl (C=O) groups is 1. The molecule has 1 N–H and O–H groups in total.